The van der Waals surface area contributed by atoms with Gasteiger partial charge in [-0.25, -0.2) is 8.89 Å². The second-order valence-corrected chi connectivity index (χ2v) is 6.49. The highest BCUT2D eigenvalue weighted by Gasteiger charge is 2.22. The highest BCUT2D eigenvalue weighted by molar-refractivity contribution is 7.93. The second kappa shape index (κ2) is 6.37. The van der Waals surface area contributed by atoms with E-state index in [1.807, 2.05) is 54.6 Å². The van der Waals surface area contributed by atoms with Gasteiger partial charge in [0.05, 0.1) is 6.20 Å². The molecule has 2 heterocycles. The SMILES string of the molecule is O=C1C=C(n2cc(-c3cccc(Oc4ccccc4)c3)cn2)S(=O)N1. The average molecular weight is 351 g/mol. The molecule has 1 aliphatic rings. The van der Waals surface area contributed by atoms with Gasteiger partial charge in [0.25, 0.3) is 5.91 Å². The number of aromatic nitrogens is 2. The van der Waals surface area contributed by atoms with Gasteiger partial charge in [-0.15, -0.1) is 0 Å². The summed E-state index contributed by atoms with van der Waals surface area (Å²) >= 11 is 0. The van der Waals surface area contributed by atoms with E-state index >= 15 is 0 Å². The van der Waals surface area contributed by atoms with Gasteiger partial charge in [0.15, 0.2) is 16.0 Å². The van der Waals surface area contributed by atoms with E-state index in [1.165, 1.54) is 10.8 Å². The Morgan fingerprint density at radius 2 is 1.80 bits per heavy atom. The molecule has 1 aliphatic heterocycles. The van der Waals surface area contributed by atoms with Crippen LogP contribution in [0.25, 0.3) is 16.2 Å². The number of amides is 1. The third-order valence-electron chi connectivity index (χ3n) is 3.59. The normalized spacial score (nSPS) is 16.4. The van der Waals surface area contributed by atoms with Crippen molar-refractivity contribution in [3.63, 3.8) is 0 Å². The number of benzene rings is 2. The first kappa shape index (κ1) is 15.3. The lowest BCUT2D eigenvalue weighted by Gasteiger charge is -2.06. The maximum atomic E-state index is 11.8. The van der Waals surface area contributed by atoms with Crippen molar-refractivity contribution in [1.29, 1.82) is 0 Å². The molecule has 1 amide bonds. The minimum Gasteiger partial charge on any atom is -0.457 e. The van der Waals surface area contributed by atoms with E-state index in [2.05, 4.69) is 9.82 Å². The number of nitrogens with one attached hydrogen (secondary N) is 1. The number of carbonyl (C=O) groups is 1. The van der Waals surface area contributed by atoms with Crippen LogP contribution in [0.4, 0.5) is 0 Å². The number of carbonyl (C=O) groups excluding carboxylic acids is 1. The fourth-order valence-corrected chi connectivity index (χ4v) is 3.28. The van der Waals surface area contributed by atoms with Gasteiger partial charge in [0.2, 0.25) is 0 Å². The molecule has 1 aromatic heterocycles. The average Bonchev–Trinajstić information content (AvgIpc) is 3.22. The Labute approximate surface area is 146 Å². The molecule has 6 nitrogen and oxygen atoms in total. The summed E-state index contributed by atoms with van der Waals surface area (Å²) in [5, 5.41) is 4.51. The molecule has 1 N–H and O–H groups in total. The molecule has 3 aromatic rings. The van der Waals surface area contributed by atoms with Gasteiger partial charge in [-0.3, -0.25) is 9.52 Å². The smallest absolute Gasteiger partial charge is 0.258 e. The molecule has 0 fully saturated rings. The molecule has 25 heavy (non-hydrogen) atoms. The predicted molar refractivity (Wildman–Crippen MR) is 94.7 cm³/mol. The first-order valence-electron chi connectivity index (χ1n) is 7.51. The van der Waals surface area contributed by atoms with Crippen LogP contribution in [0, 0.1) is 0 Å². The maximum absolute atomic E-state index is 11.8. The van der Waals surface area contributed by atoms with Gasteiger partial charge in [0.1, 0.15) is 11.5 Å². The first-order valence-corrected chi connectivity index (χ1v) is 8.66. The van der Waals surface area contributed by atoms with Gasteiger partial charge >= 0.3 is 0 Å². The van der Waals surface area contributed by atoms with Crippen LogP contribution < -0.4 is 9.46 Å². The number of hydrogen-bond acceptors (Lipinski definition) is 4. The van der Waals surface area contributed by atoms with Crippen molar-refractivity contribution in [3.8, 4) is 22.6 Å². The third kappa shape index (κ3) is 3.22. The maximum Gasteiger partial charge on any atom is 0.258 e. The summed E-state index contributed by atoms with van der Waals surface area (Å²) < 4.78 is 21.4. The zero-order chi connectivity index (χ0) is 17.2. The highest BCUT2D eigenvalue weighted by Crippen LogP contribution is 2.27. The topological polar surface area (TPSA) is 73.2 Å². The molecule has 7 heteroatoms. The fourth-order valence-electron chi connectivity index (χ4n) is 2.45. The fraction of sp³-hybridized carbons (Fsp3) is 0. The van der Waals surface area contributed by atoms with Gasteiger partial charge in [-0.1, -0.05) is 30.3 Å². The van der Waals surface area contributed by atoms with Crippen LogP contribution in [0.2, 0.25) is 0 Å². The molecular formula is C18H13N3O3S. The molecule has 1 atom stereocenters. The highest BCUT2D eigenvalue weighted by atomic mass is 32.2. The van der Waals surface area contributed by atoms with Crippen LogP contribution in [-0.4, -0.2) is 19.9 Å². The zero-order valence-electron chi connectivity index (χ0n) is 13.0. The molecule has 0 aliphatic carbocycles. The predicted octanol–water partition coefficient (Wildman–Crippen LogP) is 2.93. The molecule has 0 bridgehead atoms. The van der Waals surface area contributed by atoms with Crippen molar-refractivity contribution in [1.82, 2.24) is 14.5 Å². The number of hydrogen-bond donors (Lipinski definition) is 1. The van der Waals surface area contributed by atoms with Gasteiger partial charge < -0.3 is 4.74 Å². The van der Waals surface area contributed by atoms with E-state index in [1.54, 1.807) is 12.4 Å². The van der Waals surface area contributed by atoms with Crippen LogP contribution in [0.1, 0.15) is 0 Å². The van der Waals surface area contributed by atoms with E-state index in [0.29, 0.717) is 10.8 Å². The number of ether oxygens (including phenoxy) is 1. The lowest BCUT2D eigenvalue weighted by atomic mass is 10.1. The summed E-state index contributed by atoms with van der Waals surface area (Å²) in [7, 11) is -1.58. The Bertz CT molecular complexity index is 996. The minimum atomic E-state index is -1.58. The molecular weight excluding hydrogens is 338 g/mol. The van der Waals surface area contributed by atoms with Crippen LogP contribution in [-0.2, 0) is 15.8 Å². The van der Waals surface area contributed by atoms with Crippen molar-refractivity contribution in [2.24, 2.45) is 0 Å². The Balaban J connectivity index is 1.61. The van der Waals surface area contributed by atoms with Gasteiger partial charge in [-0.2, -0.15) is 5.10 Å². The molecule has 2 aromatic carbocycles. The first-order chi connectivity index (χ1) is 12.2. The molecule has 0 saturated heterocycles. The summed E-state index contributed by atoms with van der Waals surface area (Å²) in [4.78, 5) is 11.3. The minimum absolute atomic E-state index is 0.313. The number of nitrogens with zero attached hydrogens (tertiary/aromatic N) is 2. The number of para-hydroxylation sites is 1. The quantitative estimate of drug-likeness (QED) is 0.784. The van der Waals surface area contributed by atoms with Gasteiger partial charge in [-0.05, 0) is 29.8 Å². The standard InChI is InChI=1S/C18H13N3O3S/c22-17-10-18(25(23)20-17)21-12-14(11-19-21)13-5-4-8-16(9-13)24-15-6-2-1-3-7-15/h1-12H,(H,20,22). The lowest BCUT2D eigenvalue weighted by Crippen LogP contribution is -2.17. The van der Waals surface area contributed by atoms with E-state index < -0.39 is 11.0 Å². The molecule has 4 rings (SSSR count). The Hall–Kier alpha value is -3.19. The van der Waals surface area contributed by atoms with Crippen molar-refractivity contribution < 1.29 is 13.7 Å². The summed E-state index contributed by atoms with van der Waals surface area (Å²) in [6.07, 6.45) is 4.66. The molecule has 1 unspecified atom stereocenters. The molecule has 0 saturated carbocycles. The van der Waals surface area contributed by atoms with E-state index in [4.69, 9.17) is 4.74 Å². The van der Waals surface area contributed by atoms with Gasteiger partial charge in [0, 0.05) is 17.8 Å². The van der Waals surface area contributed by atoms with E-state index in [0.717, 1.165) is 16.9 Å². The Kier molecular flexibility index (Phi) is 3.91. The number of rotatable bonds is 4. The van der Waals surface area contributed by atoms with Crippen molar-refractivity contribution in [2.75, 3.05) is 0 Å². The van der Waals surface area contributed by atoms with Crippen molar-refractivity contribution >= 4 is 21.9 Å². The third-order valence-corrected chi connectivity index (χ3v) is 4.66. The van der Waals surface area contributed by atoms with Crippen LogP contribution in [0.3, 0.4) is 0 Å². The van der Waals surface area contributed by atoms with Crippen LogP contribution in [0.5, 0.6) is 11.5 Å². The Morgan fingerprint density at radius 3 is 2.56 bits per heavy atom. The van der Waals surface area contributed by atoms with E-state index in [-0.39, 0.29) is 5.91 Å². The molecule has 0 spiro atoms. The Morgan fingerprint density at radius 1 is 1.00 bits per heavy atom. The molecule has 124 valence electrons. The molecule has 0 radical (unpaired) electrons. The summed E-state index contributed by atoms with van der Waals surface area (Å²) in [5.74, 6) is 1.08. The van der Waals surface area contributed by atoms with Crippen molar-refractivity contribution in [3.05, 3.63) is 73.1 Å². The largest absolute Gasteiger partial charge is 0.457 e. The zero-order valence-corrected chi connectivity index (χ0v) is 13.8. The van der Waals surface area contributed by atoms with E-state index in [9.17, 15) is 9.00 Å². The van der Waals surface area contributed by atoms with Crippen LogP contribution in [0.15, 0.2) is 73.1 Å². The monoisotopic (exact) mass is 351 g/mol. The van der Waals surface area contributed by atoms with Crippen molar-refractivity contribution in [2.45, 2.75) is 0 Å². The summed E-state index contributed by atoms with van der Waals surface area (Å²) in [6, 6.07) is 17.1. The lowest BCUT2D eigenvalue weighted by molar-refractivity contribution is -0.114. The van der Waals surface area contributed by atoms with Crippen LogP contribution >= 0.6 is 0 Å². The summed E-state index contributed by atoms with van der Waals surface area (Å²) in [5.41, 5.74) is 1.74. The second-order valence-electron chi connectivity index (χ2n) is 5.33. The summed E-state index contributed by atoms with van der Waals surface area (Å²) in [6.45, 7) is 0.